The minimum atomic E-state index is -0.773. The summed E-state index contributed by atoms with van der Waals surface area (Å²) in [7, 11) is 0. The van der Waals surface area contributed by atoms with Crippen molar-refractivity contribution in [3.05, 3.63) is 28.8 Å². The van der Waals surface area contributed by atoms with E-state index in [9.17, 15) is 4.79 Å². The largest absolute Gasteiger partial charge is 0.486 e. The van der Waals surface area contributed by atoms with Crippen LogP contribution in [0.25, 0.3) is 0 Å². The van der Waals surface area contributed by atoms with Crippen LogP contribution < -0.4 is 4.74 Å². The molecule has 0 radical (unpaired) electrons. The molecule has 1 aromatic rings. The number of nitrogens with zero attached hydrogens (tertiary/aromatic N) is 1. The number of carbonyl (C=O) groups is 1. The smallest absolute Gasteiger partial charge is 0.320 e. The van der Waals surface area contributed by atoms with Gasteiger partial charge in [-0.1, -0.05) is 11.6 Å². The molecule has 3 rings (SSSR count). The Morgan fingerprint density at radius 3 is 3.05 bits per heavy atom. The minimum Gasteiger partial charge on any atom is -0.486 e. The molecule has 0 aliphatic carbocycles. The van der Waals surface area contributed by atoms with Crippen LogP contribution in [-0.4, -0.2) is 40.7 Å². The van der Waals surface area contributed by atoms with Crippen molar-refractivity contribution < 1.29 is 14.6 Å². The topological polar surface area (TPSA) is 49.8 Å². The number of carboxylic acids is 1. The van der Waals surface area contributed by atoms with E-state index in [-0.39, 0.29) is 5.60 Å². The lowest BCUT2D eigenvalue weighted by Gasteiger charge is -2.36. The van der Waals surface area contributed by atoms with Gasteiger partial charge in [0.15, 0.2) is 0 Å². The highest BCUT2D eigenvalue weighted by atomic mass is 35.5. The number of hydrogen-bond acceptors (Lipinski definition) is 3. The number of likely N-dealkylation sites (tertiary alicyclic amines) is 1. The van der Waals surface area contributed by atoms with Crippen molar-refractivity contribution in [3.8, 4) is 5.75 Å². The second-order valence-corrected chi connectivity index (χ2v) is 6.21. The predicted molar refractivity (Wildman–Crippen MR) is 76.4 cm³/mol. The Hall–Kier alpha value is -1.26. The molecule has 4 nitrogen and oxygen atoms in total. The van der Waals surface area contributed by atoms with Crippen molar-refractivity contribution in [2.75, 3.05) is 13.1 Å². The van der Waals surface area contributed by atoms with E-state index < -0.39 is 12.0 Å². The van der Waals surface area contributed by atoms with Crippen LogP contribution >= 0.6 is 11.6 Å². The molecule has 2 heterocycles. The summed E-state index contributed by atoms with van der Waals surface area (Å²) in [6, 6.07) is 5.26. The lowest BCUT2D eigenvalue weighted by molar-refractivity contribution is -0.142. The van der Waals surface area contributed by atoms with E-state index in [0.29, 0.717) is 6.54 Å². The van der Waals surface area contributed by atoms with Crippen LogP contribution in [0.5, 0.6) is 5.75 Å². The van der Waals surface area contributed by atoms with E-state index in [0.717, 1.165) is 42.1 Å². The highest BCUT2D eigenvalue weighted by Crippen LogP contribution is 2.40. The van der Waals surface area contributed by atoms with E-state index in [1.165, 1.54) is 0 Å². The Morgan fingerprint density at radius 2 is 2.30 bits per heavy atom. The molecule has 2 unspecified atom stereocenters. The van der Waals surface area contributed by atoms with Crippen LogP contribution in [0, 0.1) is 0 Å². The standard InChI is InChI=1S/C15H18ClNO3/c1-10(14(18)19)17-7-6-15(9-17)5-4-11-8-12(16)2-3-13(11)20-15/h2-3,8,10H,4-7,9H2,1H3,(H,18,19). The molecule has 1 N–H and O–H groups in total. The van der Waals surface area contributed by atoms with Gasteiger partial charge >= 0.3 is 5.97 Å². The highest BCUT2D eigenvalue weighted by molar-refractivity contribution is 6.30. The molecule has 1 fully saturated rings. The summed E-state index contributed by atoms with van der Waals surface area (Å²) in [5.74, 6) is 0.121. The summed E-state index contributed by atoms with van der Waals surface area (Å²) in [5, 5.41) is 9.85. The first-order chi connectivity index (χ1) is 9.49. The molecule has 0 saturated carbocycles. The molecule has 2 atom stereocenters. The SMILES string of the molecule is CC(C(=O)O)N1CCC2(CCc3cc(Cl)ccc3O2)C1. The lowest BCUT2D eigenvalue weighted by atomic mass is 9.90. The molecule has 1 spiro atoms. The summed E-state index contributed by atoms with van der Waals surface area (Å²) >= 11 is 6.00. The normalized spacial score (nSPS) is 27.1. The number of rotatable bonds is 2. The van der Waals surface area contributed by atoms with Crippen LogP contribution in [0.4, 0.5) is 0 Å². The fraction of sp³-hybridized carbons (Fsp3) is 0.533. The second-order valence-electron chi connectivity index (χ2n) is 5.77. The second kappa shape index (κ2) is 4.93. The first-order valence-corrected chi connectivity index (χ1v) is 7.31. The van der Waals surface area contributed by atoms with Gasteiger partial charge in [-0.15, -0.1) is 0 Å². The maximum atomic E-state index is 11.1. The maximum absolute atomic E-state index is 11.1. The van der Waals surface area contributed by atoms with Crippen LogP contribution in [-0.2, 0) is 11.2 Å². The fourth-order valence-corrected chi connectivity index (χ4v) is 3.33. The van der Waals surface area contributed by atoms with Crippen molar-refractivity contribution in [2.24, 2.45) is 0 Å². The van der Waals surface area contributed by atoms with E-state index in [2.05, 4.69) is 0 Å². The number of halogens is 1. The van der Waals surface area contributed by atoms with Crippen LogP contribution in [0.3, 0.4) is 0 Å². The molecule has 0 amide bonds. The number of aryl methyl sites for hydroxylation is 1. The van der Waals surface area contributed by atoms with E-state index in [4.69, 9.17) is 21.4 Å². The molecule has 5 heteroatoms. The van der Waals surface area contributed by atoms with Crippen molar-refractivity contribution in [2.45, 2.75) is 37.8 Å². The van der Waals surface area contributed by atoms with Gasteiger partial charge in [-0.25, -0.2) is 0 Å². The quantitative estimate of drug-likeness (QED) is 0.911. The molecular formula is C15H18ClNO3. The zero-order chi connectivity index (χ0) is 14.3. The first kappa shape index (κ1) is 13.7. The van der Waals surface area contributed by atoms with Crippen molar-refractivity contribution in [1.82, 2.24) is 4.90 Å². The molecular weight excluding hydrogens is 278 g/mol. The molecule has 1 aromatic carbocycles. The average molecular weight is 296 g/mol. The Bertz CT molecular complexity index is 548. The zero-order valence-electron chi connectivity index (χ0n) is 11.4. The third-order valence-electron chi connectivity index (χ3n) is 4.45. The zero-order valence-corrected chi connectivity index (χ0v) is 12.2. The van der Waals surface area contributed by atoms with Gasteiger partial charge in [-0.05, 0) is 43.5 Å². The summed E-state index contributed by atoms with van der Waals surface area (Å²) in [6.07, 6.45) is 2.74. The van der Waals surface area contributed by atoms with Gasteiger partial charge < -0.3 is 9.84 Å². The summed E-state index contributed by atoms with van der Waals surface area (Å²) in [4.78, 5) is 13.1. The van der Waals surface area contributed by atoms with Crippen molar-refractivity contribution >= 4 is 17.6 Å². The van der Waals surface area contributed by atoms with Crippen LogP contribution in [0.15, 0.2) is 18.2 Å². The fourth-order valence-electron chi connectivity index (χ4n) is 3.14. The third kappa shape index (κ3) is 2.38. The molecule has 1 saturated heterocycles. The molecule has 0 bridgehead atoms. The Kier molecular flexibility index (Phi) is 3.38. The Labute approximate surface area is 123 Å². The van der Waals surface area contributed by atoms with Gasteiger partial charge in [0.05, 0.1) is 0 Å². The summed E-state index contributed by atoms with van der Waals surface area (Å²) < 4.78 is 6.20. The van der Waals surface area contributed by atoms with Gasteiger partial charge in [0.2, 0.25) is 0 Å². The van der Waals surface area contributed by atoms with E-state index in [1.54, 1.807) is 6.92 Å². The summed E-state index contributed by atoms with van der Waals surface area (Å²) in [5.41, 5.74) is 0.915. The maximum Gasteiger partial charge on any atom is 0.320 e. The van der Waals surface area contributed by atoms with Crippen LogP contribution in [0.2, 0.25) is 5.02 Å². The number of fused-ring (bicyclic) bond motifs is 1. The molecule has 108 valence electrons. The van der Waals surface area contributed by atoms with Crippen molar-refractivity contribution in [1.29, 1.82) is 0 Å². The number of carboxylic acid groups (broad SMARTS) is 1. The van der Waals surface area contributed by atoms with E-state index >= 15 is 0 Å². The molecule has 20 heavy (non-hydrogen) atoms. The van der Waals surface area contributed by atoms with E-state index in [1.807, 2.05) is 23.1 Å². The van der Waals surface area contributed by atoms with Gasteiger partial charge in [0, 0.05) is 24.5 Å². The van der Waals surface area contributed by atoms with Crippen molar-refractivity contribution in [3.63, 3.8) is 0 Å². The minimum absolute atomic E-state index is 0.232. The molecule has 2 aliphatic heterocycles. The van der Waals surface area contributed by atoms with Gasteiger partial charge in [0.25, 0.3) is 0 Å². The van der Waals surface area contributed by atoms with Crippen LogP contribution in [0.1, 0.15) is 25.3 Å². The number of aliphatic carboxylic acids is 1. The van der Waals surface area contributed by atoms with Gasteiger partial charge in [-0.3, -0.25) is 9.69 Å². The Morgan fingerprint density at radius 1 is 1.50 bits per heavy atom. The number of hydrogen-bond donors (Lipinski definition) is 1. The molecule has 0 aromatic heterocycles. The summed E-state index contributed by atoms with van der Waals surface area (Å²) in [6.45, 7) is 3.19. The highest BCUT2D eigenvalue weighted by Gasteiger charge is 2.44. The Balaban J connectivity index is 1.77. The monoisotopic (exact) mass is 295 g/mol. The first-order valence-electron chi connectivity index (χ1n) is 6.93. The predicted octanol–water partition coefficient (Wildman–Crippen LogP) is 2.58. The lowest BCUT2D eigenvalue weighted by Crippen LogP contribution is -2.45. The number of ether oxygens (including phenoxy) is 1. The van der Waals surface area contributed by atoms with Gasteiger partial charge in [-0.2, -0.15) is 0 Å². The third-order valence-corrected chi connectivity index (χ3v) is 4.69. The number of benzene rings is 1. The average Bonchev–Trinajstić information content (AvgIpc) is 2.82. The van der Waals surface area contributed by atoms with Gasteiger partial charge in [0.1, 0.15) is 17.4 Å². The molecule has 2 aliphatic rings.